The average Bonchev–Trinajstić information content (AvgIpc) is 2.71. The van der Waals surface area contributed by atoms with Crippen LogP contribution in [0.25, 0.3) is 0 Å². The van der Waals surface area contributed by atoms with E-state index in [9.17, 15) is 18.0 Å². The summed E-state index contributed by atoms with van der Waals surface area (Å²) in [5.74, 6) is -0.449. The number of ether oxygens (including phenoxy) is 1. The molecule has 0 aliphatic carbocycles. The molecular weight excluding hydrogens is 395 g/mol. The number of amides is 1. The molecule has 3 N–H and O–H groups in total. The third kappa shape index (κ3) is 5.73. The Bertz CT molecular complexity index is 861. The molecule has 1 heterocycles. The van der Waals surface area contributed by atoms with Crippen molar-refractivity contribution in [3.63, 3.8) is 0 Å². The molecular formula is C22H26F3N3O2. The molecule has 1 amide bonds. The maximum Gasteiger partial charge on any atom is 0.573 e. The van der Waals surface area contributed by atoms with Gasteiger partial charge in [-0.3, -0.25) is 9.69 Å². The van der Waals surface area contributed by atoms with E-state index in [0.29, 0.717) is 43.7 Å². The molecule has 8 heteroatoms. The Morgan fingerprint density at radius 2 is 1.77 bits per heavy atom. The summed E-state index contributed by atoms with van der Waals surface area (Å²) < 4.78 is 42.0. The predicted octanol–water partition coefficient (Wildman–Crippen LogP) is 4.08. The van der Waals surface area contributed by atoms with Crippen molar-refractivity contribution in [3.05, 3.63) is 59.7 Å². The Hall–Kier alpha value is -2.58. The summed E-state index contributed by atoms with van der Waals surface area (Å²) in [5.41, 5.74) is 7.67. The number of carbonyl (C=O) groups is 1. The van der Waals surface area contributed by atoms with Crippen LogP contribution in [-0.2, 0) is 17.8 Å². The molecule has 1 aliphatic rings. The van der Waals surface area contributed by atoms with E-state index in [1.165, 1.54) is 17.7 Å². The van der Waals surface area contributed by atoms with Crippen LogP contribution >= 0.6 is 0 Å². The molecule has 2 aromatic rings. The quantitative estimate of drug-likeness (QED) is 0.738. The number of alkyl halides is 3. The molecule has 0 unspecified atom stereocenters. The Morgan fingerprint density at radius 1 is 1.13 bits per heavy atom. The van der Waals surface area contributed by atoms with E-state index >= 15 is 0 Å². The molecule has 0 radical (unpaired) electrons. The number of carbonyl (C=O) groups excluding carboxylic acids is 1. The lowest BCUT2D eigenvalue weighted by molar-refractivity contribution is -0.275. The maximum absolute atomic E-state index is 12.7. The summed E-state index contributed by atoms with van der Waals surface area (Å²) >= 11 is 0. The van der Waals surface area contributed by atoms with E-state index in [1.54, 1.807) is 12.1 Å². The SMILES string of the molecule is CCc1ccc(NC(=O)C2(N)CCN(Cc3ccccc3OC(F)(F)F)CC2)cc1. The first-order valence-corrected chi connectivity index (χ1v) is 9.94. The van der Waals surface area contributed by atoms with E-state index in [-0.39, 0.29) is 11.7 Å². The van der Waals surface area contributed by atoms with Crippen LogP contribution in [0.5, 0.6) is 5.75 Å². The summed E-state index contributed by atoms with van der Waals surface area (Å²) in [6.45, 7) is 3.35. The Labute approximate surface area is 174 Å². The molecule has 1 fully saturated rings. The van der Waals surface area contributed by atoms with E-state index in [0.717, 1.165) is 6.42 Å². The zero-order chi connectivity index (χ0) is 21.8. The second kappa shape index (κ2) is 9.06. The predicted molar refractivity (Wildman–Crippen MR) is 109 cm³/mol. The lowest BCUT2D eigenvalue weighted by Crippen LogP contribution is -2.57. The summed E-state index contributed by atoms with van der Waals surface area (Å²) in [5, 5.41) is 2.88. The Morgan fingerprint density at radius 3 is 2.37 bits per heavy atom. The fourth-order valence-corrected chi connectivity index (χ4v) is 3.52. The van der Waals surface area contributed by atoms with Gasteiger partial charge < -0.3 is 15.8 Å². The second-order valence-corrected chi connectivity index (χ2v) is 7.59. The number of para-hydroxylation sites is 1. The number of halogens is 3. The van der Waals surface area contributed by atoms with Gasteiger partial charge in [-0.05, 0) is 43.0 Å². The number of nitrogens with one attached hydrogen (secondary N) is 1. The monoisotopic (exact) mass is 421 g/mol. The molecule has 0 bridgehead atoms. The number of hydrogen-bond donors (Lipinski definition) is 2. The molecule has 1 aliphatic heterocycles. The van der Waals surface area contributed by atoms with Crippen molar-refractivity contribution in [1.82, 2.24) is 4.90 Å². The molecule has 3 rings (SSSR count). The van der Waals surface area contributed by atoms with Crippen molar-refractivity contribution in [1.29, 1.82) is 0 Å². The lowest BCUT2D eigenvalue weighted by Gasteiger charge is -2.38. The van der Waals surface area contributed by atoms with Gasteiger partial charge in [-0.25, -0.2) is 0 Å². The Balaban J connectivity index is 1.58. The van der Waals surface area contributed by atoms with Crippen LogP contribution in [0, 0.1) is 0 Å². The van der Waals surface area contributed by atoms with E-state index in [1.807, 2.05) is 29.2 Å². The second-order valence-electron chi connectivity index (χ2n) is 7.59. The standard InChI is InChI=1S/C22H26F3N3O2/c1-2-16-7-9-18(10-8-16)27-20(29)21(26)11-13-28(14-12-21)15-17-5-3-4-6-19(17)30-22(23,24)25/h3-10H,2,11-15,26H2,1H3,(H,27,29). The van der Waals surface area contributed by atoms with Crippen molar-refractivity contribution in [2.75, 3.05) is 18.4 Å². The van der Waals surface area contributed by atoms with E-state index in [4.69, 9.17) is 5.73 Å². The van der Waals surface area contributed by atoms with Crippen molar-refractivity contribution >= 4 is 11.6 Å². The molecule has 0 atom stereocenters. The number of likely N-dealkylation sites (tertiary alicyclic amines) is 1. The number of benzene rings is 2. The van der Waals surface area contributed by atoms with Crippen LogP contribution in [0.4, 0.5) is 18.9 Å². The number of anilines is 1. The van der Waals surface area contributed by atoms with Crippen molar-refractivity contribution in [3.8, 4) is 5.75 Å². The topological polar surface area (TPSA) is 67.6 Å². The largest absolute Gasteiger partial charge is 0.573 e. The van der Waals surface area contributed by atoms with Gasteiger partial charge in [0.05, 0.1) is 5.54 Å². The van der Waals surface area contributed by atoms with Gasteiger partial charge in [0.2, 0.25) is 5.91 Å². The molecule has 2 aromatic carbocycles. The number of nitrogens with zero attached hydrogens (tertiary/aromatic N) is 1. The zero-order valence-electron chi connectivity index (χ0n) is 16.8. The number of aryl methyl sites for hydroxylation is 1. The van der Waals surface area contributed by atoms with Crippen molar-refractivity contribution in [2.24, 2.45) is 5.73 Å². The maximum atomic E-state index is 12.7. The first-order chi connectivity index (χ1) is 14.2. The molecule has 0 aromatic heterocycles. The number of nitrogens with two attached hydrogens (primary N) is 1. The highest BCUT2D eigenvalue weighted by atomic mass is 19.4. The summed E-state index contributed by atoms with van der Waals surface area (Å²) in [7, 11) is 0. The average molecular weight is 421 g/mol. The minimum absolute atomic E-state index is 0.206. The van der Waals surface area contributed by atoms with Gasteiger partial charge in [0.25, 0.3) is 0 Å². The van der Waals surface area contributed by atoms with Gasteiger partial charge in [-0.2, -0.15) is 0 Å². The van der Waals surface area contributed by atoms with Crippen molar-refractivity contribution in [2.45, 2.75) is 44.6 Å². The molecule has 30 heavy (non-hydrogen) atoms. The van der Waals surface area contributed by atoms with Crippen LogP contribution in [0.3, 0.4) is 0 Å². The van der Waals surface area contributed by atoms with E-state index < -0.39 is 11.9 Å². The number of piperidine rings is 1. The Kier molecular flexibility index (Phi) is 6.67. The summed E-state index contributed by atoms with van der Waals surface area (Å²) in [6, 6.07) is 13.7. The summed E-state index contributed by atoms with van der Waals surface area (Å²) in [4.78, 5) is 14.7. The highest BCUT2D eigenvalue weighted by molar-refractivity contribution is 5.98. The summed E-state index contributed by atoms with van der Waals surface area (Å²) in [6.07, 6.45) is -3.00. The molecule has 1 saturated heterocycles. The zero-order valence-corrected chi connectivity index (χ0v) is 16.8. The van der Waals surface area contributed by atoms with Gasteiger partial charge in [0.15, 0.2) is 0 Å². The third-order valence-electron chi connectivity index (χ3n) is 5.41. The minimum Gasteiger partial charge on any atom is -0.405 e. The molecule has 0 spiro atoms. The fourth-order valence-electron chi connectivity index (χ4n) is 3.52. The first-order valence-electron chi connectivity index (χ1n) is 9.94. The highest BCUT2D eigenvalue weighted by Gasteiger charge is 2.38. The van der Waals surface area contributed by atoms with Crippen LogP contribution in [0.15, 0.2) is 48.5 Å². The van der Waals surface area contributed by atoms with Crippen LogP contribution < -0.4 is 15.8 Å². The lowest BCUT2D eigenvalue weighted by atomic mass is 9.87. The van der Waals surface area contributed by atoms with E-state index in [2.05, 4.69) is 17.0 Å². The normalized spacial score (nSPS) is 16.8. The van der Waals surface area contributed by atoms with Crippen LogP contribution in [0.1, 0.15) is 30.9 Å². The van der Waals surface area contributed by atoms with Crippen LogP contribution in [-0.4, -0.2) is 35.8 Å². The highest BCUT2D eigenvalue weighted by Crippen LogP contribution is 2.29. The van der Waals surface area contributed by atoms with Gasteiger partial charge in [-0.15, -0.1) is 13.2 Å². The van der Waals surface area contributed by atoms with Gasteiger partial charge in [0, 0.05) is 30.9 Å². The van der Waals surface area contributed by atoms with Gasteiger partial charge in [-0.1, -0.05) is 37.3 Å². The molecule has 5 nitrogen and oxygen atoms in total. The minimum atomic E-state index is -4.74. The third-order valence-corrected chi connectivity index (χ3v) is 5.41. The number of rotatable bonds is 6. The first kappa shape index (κ1) is 22.1. The smallest absolute Gasteiger partial charge is 0.405 e. The van der Waals surface area contributed by atoms with Gasteiger partial charge in [0.1, 0.15) is 5.75 Å². The molecule has 162 valence electrons. The molecule has 0 saturated carbocycles. The van der Waals surface area contributed by atoms with Gasteiger partial charge >= 0.3 is 6.36 Å². The van der Waals surface area contributed by atoms with Crippen molar-refractivity contribution < 1.29 is 22.7 Å². The van der Waals surface area contributed by atoms with Crippen LogP contribution in [0.2, 0.25) is 0 Å². The fraction of sp³-hybridized carbons (Fsp3) is 0.409. The number of hydrogen-bond acceptors (Lipinski definition) is 4.